The zero-order valence-electron chi connectivity index (χ0n) is 13.2. The maximum absolute atomic E-state index is 5.47. The van der Waals surface area contributed by atoms with Crippen LogP contribution in [0.3, 0.4) is 0 Å². The lowest BCUT2D eigenvalue weighted by Gasteiger charge is -2.20. The van der Waals surface area contributed by atoms with Crippen molar-refractivity contribution in [2.75, 3.05) is 34.3 Å². The molecular formula is C15H28N4O. The van der Waals surface area contributed by atoms with Crippen molar-refractivity contribution in [3.8, 4) is 5.75 Å². The second kappa shape index (κ2) is 8.76. The minimum atomic E-state index is 0.201. The van der Waals surface area contributed by atoms with Crippen LogP contribution in [0.2, 0.25) is 0 Å². The number of hydrogen-bond acceptors (Lipinski definition) is 4. The first-order valence-electron chi connectivity index (χ1n) is 7.22. The second-order valence-electron chi connectivity index (χ2n) is 5.16. The van der Waals surface area contributed by atoms with E-state index in [0.717, 1.165) is 43.9 Å². The van der Waals surface area contributed by atoms with Crippen molar-refractivity contribution in [1.82, 2.24) is 20.0 Å². The third-order valence-corrected chi connectivity index (χ3v) is 3.20. The van der Waals surface area contributed by atoms with Gasteiger partial charge < -0.3 is 15.0 Å². The first-order chi connectivity index (χ1) is 9.63. The third-order valence-electron chi connectivity index (χ3n) is 3.20. The number of ether oxygens (including phenoxy) is 1. The summed E-state index contributed by atoms with van der Waals surface area (Å²) < 4.78 is 7.51. The molecule has 1 unspecified atom stereocenters. The first-order valence-corrected chi connectivity index (χ1v) is 7.22. The van der Waals surface area contributed by atoms with E-state index in [2.05, 4.69) is 42.9 Å². The van der Waals surface area contributed by atoms with Gasteiger partial charge in [0.25, 0.3) is 0 Å². The molecule has 0 aliphatic heterocycles. The number of methoxy groups -OCH3 is 1. The van der Waals surface area contributed by atoms with Crippen LogP contribution in [-0.4, -0.2) is 49.0 Å². The zero-order chi connectivity index (χ0) is 15.0. The molecule has 0 saturated carbocycles. The maximum atomic E-state index is 5.47. The highest BCUT2D eigenvalue weighted by Gasteiger charge is 2.20. The Kier molecular flexibility index (Phi) is 7.33. The van der Waals surface area contributed by atoms with Gasteiger partial charge in [-0.2, -0.15) is 5.10 Å². The van der Waals surface area contributed by atoms with Gasteiger partial charge in [0.05, 0.1) is 31.6 Å². The summed E-state index contributed by atoms with van der Waals surface area (Å²) in [5, 5.41) is 8.01. The molecule has 0 bridgehead atoms. The van der Waals surface area contributed by atoms with Crippen LogP contribution in [0.1, 0.15) is 31.5 Å². The van der Waals surface area contributed by atoms with Crippen molar-refractivity contribution >= 4 is 0 Å². The lowest BCUT2D eigenvalue weighted by atomic mass is 10.1. The van der Waals surface area contributed by atoms with Crippen LogP contribution < -0.4 is 10.1 Å². The molecule has 20 heavy (non-hydrogen) atoms. The van der Waals surface area contributed by atoms with Crippen molar-refractivity contribution < 1.29 is 4.74 Å². The maximum Gasteiger partial charge on any atom is 0.161 e. The molecule has 1 aromatic heterocycles. The van der Waals surface area contributed by atoms with Crippen molar-refractivity contribution in [1.29, 1.82) is 0 Å². The third kappa shape index (κ3) is 4.65. The largest absolute Gasteiger partial charge is 0.493 e. The SMILES string of the molecule is C=CCC(NCCC)c1c(OC)cnn1CCN(C)C. The lowest BCUT2D eigenvalue weighted by Crippen LogP contribution is -2.27. The summed E-state index contributed by atoms with van der Waals surface area (Å²) in [6, 6.07) is 0.201. The molecule has 0 spiro atoms. The normalized spacial score (nSPS) is 12.7. The number of nitrogens with zero attached hydrogens (tertiary/aromatic N) is 3. The van der Waals surface area contributed by atoms with Gasteiger partial charge in [-0.05, 0) is 33.5 Å². The Morgan fingerprint density at radius 2 is 2.30 bits per heavy atom. The molecule has 1 atom stereocenters. The molecule has 5 heteroatoms. The molecule has 1 rings (SSSR count). The molecule has 1 aromatic rings. The minimum absolute atomic E-state index is 0.201. The van der Waals surface area contributed by atoms with E-state index in [9.17, 15) is 0 Å². The predicted octanol–water partition coefficient (Wildman–Crippen LogP) is 2.07. The van der Waals surface area contributed by atoms with E-state index in [1.807, 2.05) is 10.8 Å². The van der Waals surface area contributed by atoms with E-state index in [-0.39, 0.29) is 6.04 Å². The molecule has 0 radical (unpaired) electrons. The fraction of sp³-hybridized carbons (Fsp3) is 0.667. The van der Waals surface area contributed by atoms with E-state index in [1.54, 1.807) is 13.3 Å². The molecule has 0 fully saturated rings. The average molecular weight is 280 g/mol. The van der Waals surface area contributed by atoms with Crippen LogP contribution in [-0.2, 0) is 6.54 Å². The highest BCUT2D eigenvalue weighted by molar-refractivity contribution is 5.29. The van der Waals surface area contributed by atoms with Gasteiger partial charge in [0.1, 0.15) is 0 Å². The Labute approximate surface area is 122 Å². The molecular weight excluding hydrogens is 252 g/mol. The van der Waals surface area contributed by atoms with Crippen LogP contribution in [0.4, 0.5) is 0 Å². The van der Waals surface area contributed by atoms with Crippen molar-refractivity contribution in [2.24, 2.45) is 0 Å². The first kappa shape index (κ1) is 16.7. The summed E-state index contributed by atoms with van der Waals surface area (Å²) in [4.78, 5) is 2.15. The summed E-state index contributed by atoms with van der Waals surface area (Å²) in [5.74, 6) is 0.846. The van der Waals surface area contributed by atoms with Crippen LogP contribution in [0.25, 0.3) is 0 Å². The summed E-state index contributed by atoms with van der Waals surface area (Å²) in [5.41, 5.74) is 1.11. The van der Waals surface area contributed by atoms with Crippen molar-refractivity contribution in [3.05, 3.63) is 24.5 Å². The smallest absolute Gasteiger partial charge is 0.161 e. The van der Waals surface area contributed by atoms with Crippen LogP contribution >= 0.6 is 0 Å². The Bertz CT molecular complexity index is 401. The quantitative estimate of drug-likeness (QED) is 0.666. The molecule has 114 valence electrons. The van der Waals surface area contributed by atoms with Crippen LogP contribution in [0.5, 0.6) is 5.75 Å². The Balaban J connectivity index is 2.95. The van der Waals surface area contributed by atoms with Gasteiger partial charge in [-0.15, -0.1) is 6.58 Å². The predicted molar refractivity (Wildman–Crippen MR) is 83.2 cm³/mol. The number of aromatic nitrogens is 2. The Hall–Kier alpha value is -1.33. The molecule has 0 aliphatic carbocycles. The fourth-order valence-electron chi connectivity index (χ4n) is 2.14. The lowest BCUT2D eigenvalue weighted by molar-refractivity contribution is 0.354. The molecule has 0 aliphatic rings. The molecule has 0 amide bonds. The fourth-order valence-corrected chi connectivity index (χ4v) is 2.14. The summed E-state index contributed by atoms with van der Waals surface area (Å²) >= 11 is 0. The average Bonchev–Trinajstić information content (AvgIpc) is 2.84. The number of hydrogen-bond donors (Lipinski definition) is 1. The molecule has 1 heterocycles. The van der Waals surface area contributed by atoms with E-state index < -0.39 is 0 Å². The zero-order valence-corrected chi connectivity index (χ0v) is 13.2. The Morgan fingerprint density at radius 3 is 2.85 bits per heavy atom. The molecule has 1 N–H and O–H groups in total. The molecule has 0 aromatic carbocycles. The highest BCUT2D eigenvalue weighted by atomic mass is 16.5. The number of nitrogens with one attached hydrogen (secondary N) is 1. The van der Waals surface area contributed by atoms with Gasteiger partial charge in [0.15, 0.2) is 5.75 Å². The van der Waals surface area contributed by atoms with E-state index in [1.165, 1.54) is 0 Å². The second-order valence-corrected chi connectivity index (χ2v) is 5.16. The van der Waals surface area contributed by atoms with Crippen LogP contribution in [0.15, 0.2) is 18.9 Å². The van der Waals surface area contributed by atoms with Gasteiger partial charge in [-0.25, -0.2) is 0 Å². The molecule has 0 saturated heterocycles. The van der Waals surface area contributed by atoms with Gasteiger partial charge in [-0.1, -0.05) is 13.0 Å². The molecule has 5 nitrogen and oxygen atoms in total. The summed E-state index contributed by atoms with van der Waals surface area (Å²) in [6.45, 7) is 8.80. The topological polar surface area (TPSA) is 42.3 Å². The van der Waals surface area contributed by atoms with Crippen molar-refractivity contribution in [3.63, 3.8) is 0 Å². The van der Waals surface area contributed by atoms with E-state index >= 15 is 0 Å². The van der Waals surface area contributed by atoms with Crippen molar-refractivity contribution in [2.45, 2.75) is 32.4 Å². The van der Waals surface area contributed by atoms with E-state index in [4.69, 9.17) is 4.74 Å². The van der Waals surface area contributed by atoms with Gasteiger partial charge in [-0.3, -0.25) is 4.68 Å². The van der Waals surface area contributed by atoms with Gasteiger partial charge in [0.2, 0.25) is 0 Å². The Morgan fingerprint density at radius 1 is 1.55 bits per heavy atom. The number of rotatable bonds is 10. The number of likely N-dealkylation sites (N-methyl/N-ethyl adjacent to an activating group) is 1. The highest BCUT2D eigenvalue weighted by Crippen LogP contribution is 2.27. The minimum Gasteiger partial charge on any atom is -0.493 e. The van der Waals surface area contributed by atoms with E-state index in [0.29, 0.717) is 0 Å². The summed E-state index contributed by atoms with van der Waals surface area (Å²) in [7, 11) is 5.83. The van der Waals surface area contributed by atoms with Gasteiger partial charge in [0, 0.05) is 6.54 Å². The van der Waals surface area contributed by atoms with Crippen LogP contribution in [0, 0.1) is 0 Å². The summed E-state index contributed by atoms with van der Waals surface area (Å²) in [6.07, 6.45) is 5.70. The monoisotopic (exact) mass is 280 g/mol. The standard InChI is InChI=1S/C15H28N4O/c1-6-8-13(16-9-7-2)15-14(20-5)12-17-19(15)11-10-18(3)4/h6,12-13,16H,1,7-11H2,2-5H3. The van der Waals surface area contributed by atoms with Gasteiger partial charge >= 0.3 is 0 Å².